The van der Waals surface area contributed by atoms with Crippen molar-refractivity contribution in [3.63, 3.8) is 0 Å². The van der Waals surface area contributed by atoms with E-state index < -0.39 is 0 Å². The van der Waals surface area contributed by atoms with E-state index in [-0.39, 0.29) is 5.92 Å². The Bertz CT molecular complexity index is 611. The second-order valence-corrected chi connectivity index (χ2v) is 5.42. The highest BCUT2D eigenvalue weighted by Crippen LogP contribution is 2.27. The molecular weight excluding hydrogens is 272 g/mol. The summed E-state index contributed by atoms with van der Waals surface area (Å²) in [4.78, 5) is 8.96. The molecule has 0 aliphatic carbocycles. The highest BCUT2D eigenvalue weighted by atomic mass is 35.5. The molecule has 2 aromatic rings. The first-order valence-corrected chi connectivity index (χ1v) is 6.97. The minimum atomic E-state index is 0.261. The number of benzene rings is 1. The fraction of sp³-hybridized carbons (Fsp3) is 0.333. The van der Waals surface area contributed by atoms with Gasteiger partial charge in [0.2, 0.25) is 0 Å². The predicted molar refractivity (Wildman–Crippen MR) is 85.1 cm³/mol. The molecule has 0 amide bonds. The Balaban J connectivity index is 2.37. The van der Waals surface area contributed by atoms with Crippen molar-refractivity contribution in [1.29, 1.82) is 0 Å². The first-order valence-electron chi connectivity index (χ1n) is 6.59. The van der Waals surface area contributed by atoms with Gasteiger partial charge < -0.3 is 10.6 Å². The van der Waals surface area contributed by atoms with Gasteiger partial charge >= 0.3 is 0 Å². The van der Waals surface area contributed by atoms with E-state index in [1.54, 1.807) is 0 Å². The van der Waals surface area contributed by atoms with Crippen molar-refractivity contribution in [2.45, 2.75) is 26.7 Å². The molecule has 0 saturated carbocycles. The molecule has 0 saturated heterocycles. The molecule has 0 aliphatic rings. The van der Waals surface area contributed by atoms with Gasteiger partial charge in [0.1, 0.15) is 17.5 Å². The van der Waals surface area contributed by atoms with Crippen LogP contribution in [-0.2, 0) is 0 Å². The van der Waals surface area contributed by atoms with Crippen molar-refractivity contribution in [1.82, 2.24) is 9.97 Å². The van der Waals surface area contributed by atoms with Crippen molar-refractivity contribution in [2.75, 3.05) is 17.7 Å². The first-order chi connectivity index (χ1) is 9.49. The minimum Gasteiger partial charge on any atom is -0.373 e. The Kier molecular flexibility index (Phi) is 4.45. The van der Waals surface area contributed by atoms with Crippen LogP contribution in [0, 0.1) is 6.92 Å². The Labute approximate surface area is 124 Å². The smallest absolute Gasteiger partial charge is 0.136 e. The third-order valence-electron chi connectivity index (χ3n) is 2.90. The van der Waals surface area contributed by atoms with Crippen molar-refractivity contribution in [2.24, 2.45) is 0 Å². The van der Waals surface area contributed by atoms with Crippen LogP contribution in [0.3, 0.4) is 0 Å². The zero-order valence-electron chi connectivity index (χ0n) is 12.2. The van der Waals surface area contributed by atoms with Gasteiger partial charge in [0.15, 0.2) is 0 Å². The van der Waals surface area contributed by atoms with Gasteiger partial charge in [0.25, 0.3) is 0 Å². The van der Waals surface area contributed by atoms with Gasteiger partial charge in [-0.1, -0.05) is 31.5 Å². The van der Waals surface area contributed by atoms with Gasteiger partial charge in [-0.3, -0.25) is 0 Å². The van der Waals surface area contributed by atoms with E-state index in [0.717, 1.165) is 28.7 Å². The summed E-state index contributed by atoms with van der Waals surface area (Å²) < 4.78 is 0. The maximum absolute atomic E-state index is 6.20. The lowest BCUT2D eigenvalue weighted by atomic mass is 10.2. The van der Waals surface area contributed by atoms with Crippen LogP contribution in [0.15, 0.2) is 24.3 Å². The van der Waals surface area contributed by atoms with E-state index in [2.05, 4.69) is 34.4 Å². The normalized spacial score (nSPS) is 10.7. The number of anilines is 3. The highest BCUT2D eigenvalue weighted by Gasteiger charge is 2.09. The molecule has 0 fully saturated rings. The van der Waals surface area contributed by atoms with Crippen LogP contribution in [-0.4, -0.2) is 17.0 Å². The van der Waals surface area contributed by atoms with Crippen LogP contribution in [0.2, 0.25) is 5.02 Å². The van der Waals surface area contributed by atoms with Crippen molar-refractivity contribution < 1.29 is 0 Å². The summed E-state index contributed by atoms with van der Waals surface area (Å²) in [6, 6.07) is 7.72. The summed E-state index contributed by atoms with van der Waals surface area (Å²) in [5.41, 5.74) is 1.99. The number of aryl methyl sites for hydroxylation is 1. The van der Waals surface area contributed by atoms with Gasteiger partial charge in [-0.05, 0) is 24.6 Å². The summed E-state index contributed by atoms with van der Waals surface area (Å²) in [5.74, 6) is 2.58. The van der Waals surface area contributed by atoms with E-state index >= 15 is 0 Å². The number of halogens is 1. The summed E-state index contributed by atoms with van der Waals surface area (Å²) >= 11 is 6.20. The van der Waals surface area contributed by atoms with Crippen LogP contribution >= 0.6 is 11.6 Å². The lowest BCUT2D eigenvalue weighted by molar-refractivity contribution is 0.778. The average molecular weight is 291 g/mol. The van der Waals surface area contributed by atoms with E-state index in [9.17, 15) is 0 Å². The largest absolute Gasteiger partial charge is 0.373 e. The third kappa shape index (κ3) is 3.39. The maximum atomic E-state index is 6.20. The van der Waals surface area contributed by atoms with Gasteiger partial charge in [-0.25, -0.2) is 9.97 Å². The van der Waals surface area contributed by atoms with Crippen LogP contribution in [0.4, 0.5) is 17.3 Å². The summed E-state index contributed by atoms with van der Waals surface area (Å²) in [5, 5.41) is 6.98. The molecule has 0 aliphatic heterocycles. The molecule has 20 heavy (non-hydrogen) atoms. The lowest BCUT2D eigenvalue weighted by Crippen LogP contribution is -2.05. The fourth-order valence-electron chi connectivity index (χ4n) is 1.79. The molecule has 5 heteroatoms. The Morgan fingerprint density at radius 2 is 1.80 bits per heavy atom. The number of hydrogen-bond donors (Lipinski definition) is 2. The molecule has 0 radical (unpaired) electrons. The fourth-order valence-corrected chi connectivity index (χ4v) is 1.95. The zero-order chi connectivity index (χ0) is 14.7. The molecule has 0 atom stereocenters. The van der Waals surface area contributed by atoms with Gasteiger partial charge in [-0.2, -0.15) is 0 Å². The summed E-state index contributed by atoms with van der Waals surface area (Å²) in [7, 11) is 1.84. The number of nitrogens with zero attached hydrogens (tertiary/aromatic N) is 2. The molecule has 2 N–H and O–H groups in total. The van der Waals surface area contributed by atoms with Crippen molar-refractivity contribution in [3.8, 4) is 0 Å². The number of hydrogen-bond acceptors (Lipinski definition) is 4. The third-order valence-corrected chi connectivity index (χ3v) is 3.23. The molecule has 0 bridgehead atoms. The summed E-state index contributed by atoms with van der Waals surface area (Å²) in [6.07, 6.45) is 0. The molecule has 106 valence electrons. The maximum Gasteiger partial charge on any atom is 0.136 e. The molecule has 2 rings (SSSR count). The van der Waals surface area contributed by atoms with E-state index in [1.165, 1.54) is 0 Å². The topological polar surface area (TPSA) is 49.8 Å². The van der Waals surface area contributed by atoms with Crippen LogP contribution in [0.25, 0.3) is 0 Å². The van der Waals surface area contributed by atoms with Crippen LogP contribution < -0.4 is 10.6 Å². The van der Waals surface area contributed by atoms with E-state index in [4.69, 9.17) is 11.6 Å². The van der Waals surface area contributed by atoms with Gasteiger partial charge in [-0.15, -0.1) is 0 Å². The average Bonchev–Trinajstić information content (AvgIpc) is 2.42. The standard InChI is InChI=1S/C15H19ClN4/c1-9(2)15-19-13(17-4)8-14(20-15)18-12-7-10(3)5-6-11(12)16/h5-9H,1-4H3,(H2,17,18,19,20). The number of nitrogens with one attached hydrogen (secondary N) is 2. The summed E-state index contributed by atoms with van der Waals surface area (Å²) in [6.45, 7) is 6.16. The van der Waals surface area contributed by atoms with E-state index in [0.29, 0.717) is 5.02 Å². The van der Waals surface area contributed by atoms with E-state index in [1.807, 2.05) is 38.2 Å². The number of aromatic nitrogens is 2. The molecule has 1 heterocycles. The number of rotatable bonds is 4. The first kappa shape index (κ1) is 14.6. The van der Waals surface area contributed by atoms with Gasteiger partial charge in [0.05, 0.1) is 10.7 Å². The predicted octanol–water partition coefficient (Wildman–Crippen LogP) is 4.35. The Hall–Kier alpha value is -1.81. The van der Waals surface area contributed by atoms with Gasteiger partial charge in [0, 0.05) is 19.0 Å². The SMILES string of the molecule is CNc1cc(Nc2cc(C)ccc2Cl)nc(C(C)C)n1. The molecule has 1 aromatic heterocycles. The second kappa shape index (κ2) is 6.09. The molecular formula is C15H19ClN4. The minimum absolute atomic E-state index is 0.261. The second-order valence-electron chi connectivity index (χ2n) is 5.01. The van der Waals surface area contributed by atoms with Crippen molar-refractivity contribution in [3.05, 3.63) is 40.7 Å². The van der Waals surface area contributed by atoms with Crippen molar-refractivity contribution >= 4 is 28.9 Å². The van der Waals surface area contributed by atoms with Crippen LogP contribution in [0.5, 0.6) is 0 Å². The highest BCUT2D eigenvalue weighted by molar-refractivity contribution is 6.33. The molecule has 0 unspecified atom stereocenters. The molecule has 4 nitrogen and oxygen atoms in total. The van der Waals surface area contributed by atoms with Crippen LogP contribution in [0.1, 0.15) is 31.2 Å². The Morgan fingerprint density at radius 1 is 1.10 bits per heavy atom. The molecule has 1 aromatic carbocycles. The Morgan fingerprint density at radius 3 is 2.45 bits per heavy atom. The monoisotopic (exact) mass is 290 g/mol. The quantitative estimate of drug-likeness (QED) is 0.879. The zero-order valence-corrected chi connectivity index (χ0v) is 12.9. The lowest BCUT2D eigenvalue weighted by Gasteiger charge is -2.12. The molecule has 0 spiro atoms.